The van der Waals surface area contributed by atoms with Crippen LogP contribution in [0.4, 0.5) is 0 Å². The first-order valence-corrected chi connectivity index (χ1v) is 8.46. The highest BCUT2D eigenvalue weighted by atomic mass is 32.2. The number of rotatable bonds is 9. The fourth-order valence-corrected chi connectivity index (χ4v) is 3.62. The molecule has 0 amide bonds. The van der Waals surface area contributed by atoms with E-state index in [2.05, 4.69) is 47.9 Å². The van der Waals surface area contributed by atoms with Crippen molar-refractivity contribution in [1.29, 1.82) is 0 Å². The van der Waals surface area contributed by atoms with E-state index in [-0.39, 0.29) is 0 Å². The fraction of sp³-hybridized carbons (Fsp3) is 1.00. The van der Waals surface area contributed by atoms with Gasteiger partial charge in [-0.25, -0.2) is 0 Å². The molecule has 1 heterocycles. The molecular formula is C14H31N3S. The van der Waals surface area contributed by atoms with Gasteiger partial charge in [-0.05, 0) is 66.1 Å². The van der Waals surface area contributed by atoms with Crippen molar-refractivity contribution >= 4 is 11.8 Å². The molecule has 1 fully saturated rings. The van der Waals surface area contributed by atoms with Crippen molar-refractivity contribution in [2.75, 3.05) is 59.1 Å². The molecule has 1 rings (SSSR count). The van der Waals surface area contributed by atoms with E-state index in [0.29, 0.717) is 0 Å². The second-order valence-corrected chi connectivity index (χ2v) is 6.82. The molecule has 0 radical (unpaired) electrons. The van der Waals surface area contributed by atoms with Gasteiger partial charge >= 0.3 is 0 Å². The SMILES string of the molecule is CCN(CCCN(C)C)CCSC1CCNCC1. The summed E-state index contributed by atoms with van der Waals surface area (Å²) in [6.07, 6.45) is 4.01. The smallest absolute Gasteiger partial charge is 0.00723 e. The third-order valence-electron chi connectivity index (χ3n) is 3.57. The maximum absolute atomic E-state index is 3.44. The number of hydrogen-bond acceptors (Lipinski definition) is 4. The fourth-order valence-electron chi connectivity index (χ4n) is 2.35. The van der Waals surface area contributed by atoms with Gasteiger partial charge in [0.05, 0.1) is 0 Å². The van der Waals surface area contributed by atoms with Crippen LogP contribution in [0.15, 0.2) is 0 Å². The van der Waals surface area contributed by atoms with Crippen LogP contribution < -0.4 is 5.32 Å². The van der Waals surface area contributed by atoms with Crippen LogP contribution in [0, 0.1) is 0 Å². The van der Waals surface area contributed by atoms with Crippen molar-refractivity contribution < 1.29 is 0 Å². The highest BCUT2D eigenvalue weighted by Crippen LogP contribution is 2.19. The largest absolute Gasteiger partial charge is 0.317 e. The van der Waals surface area contributed by atoms with Crippen molar-refractivity contribution in [2.45, 2.75) is 31.4 Å². The van der Waals surface area contributed by atoms with Crippen molar-refractivity contribution in [3.05, 3.63) is 0 Å². The van der Waals surface area contributed by atoms with E-state index < -0.39 is 0 Å². The summed E-state index contributed by atoms with van der Waals surface area (Å²) in [5.74, 6) is 1.31. The van der Waals surface area contributed by atoms with Crippen LogP contribution in [-0.4, -0.2) is 74.2 Å². The van der Waals surface area contributed by atoms with E-state index in [4.69, 9.17) is 0 Å². The molecule has 4 heteroatoms. The summed E-state index contributed by atoms with van der Waals surface area (Å²) < 4.78 is 0. The average molecular weight is 273 g/mol. The molecule has 108 valence electrons. The predicted octanol–water partition coefficient (Wildman–Crippen LogP) is 1.75. The highest BCUT2D eigenvalue weighted by Gasteiger charge is 2.13. The van der Waals surface area contributed by atoms with E-state index in [1.807, 2.05) is 0 Å². The zero-order chi connectivity index (χ0) is 13.2. The molecular weight excluding hydrogens is 242 g/mol. The van der Waals surface area contributed by atoms with E-state index in [0.717, 1.165) is 5.25 Å². The summed E-state index contributed by atoms with van der Waals surface area (Å²) in [7, 11) is 4.31. The van der Waals surface area contributed by atoms with Crippen LogP contribution in [-0.2, 0) is 0 Å². The van der Waals surface area contributed by atoms with E-state index >= 15 is 0 Å². The van der Waals surface area contributed by atoms with Crippen LogP contribution >= 0.6 is 11.8 Å². The van der Waals surface area contributed by atoms with Crippen LogP contribution in [0.2, 0.25) is 0 Å². The van der Waals surface area contributed by atoms with Crippen molar-refractivity contribution in [3.8, 4) is 0 Å². The molecule has 0 aliphatic carbocycles. The third kappa shape index (κ3) is 7.62. The molecule has 0 bridgehead atoms. The predicted molar refractivity (Wildman–Crippen MR) is 83.6 cm³/mol. The molecule has 0 spiro atoms. The van der Waals surface area contributed by atoms with Crippen molar-refractivity contribution in [2.24, 2.45) is 0 Å². The minimum Gasteiger partial charge on any atom is -0.317 e. The second-order valence-electron chi connectivity index (χ2n) is 5.41. The molecule has 18 heavy (non-hydrogen) atoms. The number of piperidine rings is 1. The van der Waals surface area contributed by atoms with Crippen LogP contribution in [0.3, 0.4) is 0 Å². The lowest BCUT2D eigenvalue weighted by Crippen LogP contribution is -2.32. The molecule has 1 aliphatic rings. The Labute approximate surface area is 118 Å². The molecule has 1 aliphatic heterocycles. The molecule has 0 unspecified atom stereocenters. The Hall–Kier alpha value is 0.230. The Bertz CT molecular complexity index is 193. The first kappa shape index (κ1) is 16.3. The summed E-state index contributed by atoms with van der Waals surface area (Å²) in [4.78, 5) is 4.87. The number of nitrogens with zero attached hydrogens (tertiary/aromatic N) is 2. The van der Waals surface area contributed by atoms with Gasteiger partial charge in [0.1, 0.15) is 0 Å². The molecule has 0 aromatic heterocycles. The third-order valence-corrected chi connectivity index (χ3v) is 4.94. The molecule has 1 saturated heterocycles. The Morgan fingerprint density at radius 3 is 2.44 bits per heavy atom. The molecule has 0 atom stereocenters. The van der Waals surface area contributed by atoms with Crippen LogP contribution in [0.1, 0.15) is 26.2 Å². The van der Waals surface area contributed by atoms with Gasteiger partial charge in [0.25, 0.3) is 0 Å². The maximum Gasteiger partial charge on any atom is 0.00723 e. The quantitative estimate of drug-likeness (QED) is 0.689. The first-order chi connectivity index (χ1) is 8.72. The maximum atomic E-state index is 3.44. The Kier molecular flexibility index (Phi) is 9.11. The highest BCUT2D eigenvalue weighted by molar-refractivity contribution is 7.99. The standard InChI is InChI=1S/C14H31N3S/c1-4-17(11-5-10-16(2)3)12-13-18-14-6-8-15-9-7-14/h14-15H,4-13H2,1-3H3. The van der Waals surface area contributed by atoms with E-state index in [1.54, 1.807) is 0 Å². The van der Waals surface area contributed by atoms with Crippen molar-refractivity contribution in [1.82, 2.24) is 15.1 Å². The van der Waals surface area contributed by atoms with E-state index in [9.17, 15) is 0 Å². The lowest BCUT2D eigenvalue weighted by Gasteiger charge is -2.25. The van der Waals surface area contributed by atoms with Gasteiger partial charge in [-0.1, -0.05) is 6.92 Å². The summed E-state index contributed by atoms with van der Waals surface area (Å²) in [5.41, 5.74) is 0. The Morgan fingerprint density at radius 2 is 1.83 bits per heavy atom. The molecule has 1 N–H and O–H groups in total. The van der Waals surface area contributed by atoms with Gasteiger partial charge in [-0.2, -0.15) is 11.8 Å². The summed E-state index contributed by atoms with van der Waals surface area (Å²) in [5, 5.41) is 4.34. The minimum atomic E-state index is 0.909. The van der Waals surface area contributed by atoms with Gasteiger partial charge in [-0.15, -0.1) is 0 Å². The van der Waals surface area contributed by atoms with E-state index in [1.165, 1.54) is 64.3 Å². The molecule has 0 aromatic rings. The van der Waals surface area contributed by atoms with Gasteiger partial charge in [0, 0.05) is 17.5 Å². The zero-order valence-electron chi connectivity index (χ0n) is 12.5. The van der Waals surface area contributed by atoms with Crippen molar-refractivity contribution in [3.63, 3.8) is 0 Å². The average Bonchev–Trinajstić information content (AvgIpc) is 2.38. The summed E-state index contributed by atoms with van der Waals surface area (Å²) in [6, 6.07) is 0. The second kappa shape index (κ2) is 10.1. The lowest BCUT2D eigenvalue weighted by molar-refractivity contribution is 0.280. The Morgan fingerprint density at radius 1 is 1.11 bits per heavy atom. The number of hydrogen-bond donors (Lipinski definition) is 1. The number of nitrogens with one attached hydrogen (secondary N) is 1. The van der Waals surface area contributed by atoms with Gasteiger partial charge < -0.3 is 15.1 Å². The van der Waals surface area contributed by atoms with Crippen LogP contribution in [0.25, 0.3) is 0 Å². The Balaban J connectivity index is 2.03. The normalized spacial score (nSPS) is 17.8. The lowest BCUT2D eigenvalue weighted by atomic mass is 10.2. The monoisotopic (exact) mass is 273 g/mol. The summed E-state index contributed by atoms with van der Waals surface area (Å²) in [6.45, 7) is 9.64. The summed E-state index contributed by atoms with van der Waals surface area (Å²) >= 11 is 2.19. The van der Waals surface area contributed by atoms with Gasteiger partial charge in [-0.3, -0.25) is 0 Å². The zero-order valence-corrected chi connectivity index (χ0v) is 13.3. The molecule has 0 aromatic carbocycles. The topological polar surface area (TPSA) is 18.5 Å². The van der Waals surface area contributed by atoms with Gasteiger partial charge in [0.15, 0.2) is 0 Å². The van der Waals surface area contributed by atoms with Gasteiger partial charge in [0.2, 0.25) is 0 Å². The molecule has 0 saturated carbocycles. The number of thioether (sulfide) groups is 1. The van der Waals surface area contributed by atoms with Crippen LogP contribution in [0.5, 0.6) is 0 Å². The minimum absolute atomic E-state index is 0.909. The first-order valence-electron chi connectivity index (χ1n) is 7.41. The molecule has 3 nitrogen and oxygen atoms in total.